The van der Waals surface area contributed by atoms with Crippen LogP contribution in [0.15, 0.2) is 18.2 Å². The Labute approximate surface area is 137 Å². The molecule has 1 atom stereocenters. The molecule has 1 aromatic rings. The van der Waals surface area contributed by atoms with E-state index in [1.54, 1.807) is 0 Å². The number of aryl methyl sites for hydroxylation is 1. The summed E-state index contributed by atoms with van der Waals surface area (Å²) >= 11 is 0. The maximum absolute atomic E-state index is 12.8. The molecule has 0 aliphatic carbocycles. The van der Waals surface area contributed by atoms with Crippen LogP contribution in [0.3, 0.4) is 0 Å². The second-order valence-electron chi connectivity index (χ2n) is 6.69. The molecule has 2 heterocycles. The van der Waals surface area contributed by atoms with Gasteiger partial charge in [-0.2, -0.15) is 0 Å². The number of carbonyl (C=O) groups excluding carboxylic acids is 2. The first-order valence-electron chi connectivity index (χ1n) is 8.48. The van der Waals surface area contributed by atoms with E-state index in [0.29, 0.717) is 17.2 Å². The highest BCUT2D eigenvalue weighted by Crippen LogP contribution is 2.25. The van der Waals surface area contributed by atoms with Crippen molar-refractivity contribution >= 4 is 17.5 Å². The van der Waals surface area contributed by atoms with Gasteiger partial charge < -0.3 is 15.5 Å². The molecule has 1 unspecified atom stereocenters. The third-order valence-corrected chi connectivity index (χ3v) is 5.07. The number of hydrogen-bond donors (Lipinski definition) is 2. The Morgan fingerprint density at radius 2 is 1.96 bits per heavy atom. The number of anilines is 1. The van der Waals surface area contributed by atoms with Gasteiger partial charge in [-0.05, 0) is 50.4 Å². The molecule has 0 spiro atoms. The number of benzene rings is 1. The maximum atomic E-state index is 12.8. The second kappa shape index (κ2) is 6.71. The van der Waals surface area contributed by atoms with E-state index in [2.05, 4.69) is 10.6 Å². The topological polar surface area (TPSA) is 61.4 Å². The standard InChI is InChI=1S/C18H25N3O2/c1-12-6-5-7-15(16(12)18(23)21-8-3-4-9-21)20-17(22)13(2)14-10-19-11-14/h5-7,13-14,19H,3-4,8-11H2,1-2H3,(H,20,22). The Morgan fingerprint density at radius 3 is 2.57 bits per heavy atom. The molecule has 1 aromatic carbocycles. The number of nitrogens with zero attached hydrogens (tertiary/aromatic N) is 1. The van der Waals surface area contributed by atoms with E-state index < -0.39 is 0 Å². The SMILES string of the molecule is Cc1cccc(NC(=O)C(C)C2CNC2)c1C(=O)N1CCCC1. The van der Waals surface area contributed by atoms with Crippen LogP contribution in [0.25, 0.3) is 0 Å². The van der Waals surface area contributed by atoms with E-state index >= 15 is 0 Å². The lowest BCUT2D eigenvalue weighted by atomic mass is 9.88. The number of likely N-dealkylation sites (tertiary alicyclic amines) is 1. The monoisotopic (exact) mass is 315 g/mol. The quantitative estimate of drug-likeness (QED) is 0.893. The van der Waals surface area contributed by atoms with Gasteiger partial charge in [0.05, 0.1) is 11.3 Å². The zero-order chi connectivity index (χ0) is 16.4. The Balaban J connectivity index is 1.79. The molecule has 2 N–H and O–H groups in total. The van der Waals surface area contributed by atoms with Gasteiger partial charge in [0.15, 0.2) is 0 Å². The summed E-state index contributed by atoms with van der Waals surface area (Å²) in [6, 6.07) is 5.65. The highest BCUT2D eigenvalue weighted by atomic mass is 16.2. The van der Waals surface area contributed by atoms with Gasteiger partial charge in [0.2, 0.25) is 5.91 Å². The van der Waals surface area contributed by atoms with E-state index in [1.807, 2.05) is 36.9 Å². The smallest absolute Gasteiger partial charge is 0.256 e. The van der Waals surface area contributed by atoms with Crippen molar-refractivity contribution in [1.29, 1.82) is 0 Å². The summed E-state index contributed by atoms with van der Waals surface area (Å²) in [7, 11) is 0. The average molecular weight is 315 g/mol. The Bertz CT molecular complexity index is 604. The van der Waals surface area contributed by atoms with Crippen molar-refractivity contribution in [3.8, 4) is 0 Å². The highest BCUT2D eigenvalue weighted by molar-refractivity contribution is 6.05. The largest absolute Gasteiger partial charge is 0.339 e. The van der Waals surface area contributed by atoms with Crippen molar-refractivity contribution in [2.75, 3.05) is 31.5 Å². The molecule has 0 bridgehead atoms. The zero-order valence-electron chi connectivity index (χ0n) is 13.9. The van der Waals surface area contributed by atoms with Crippen LogP contribution >= 0.6 is 0 Å². The molecule has 2 saturated heterocycles. The van der Waals surface area contributed by atoms with E-state index in [1.165, 1.54) is 0 Å². The minimum atomic E-state index is -0.0495. The van der Waals surface area contributed by atoms with Gasteiger partial charge in [-0.1, -0.05) is 19.1 Å². The molecule has 124 valence electrons. The fraction of sp³-hybridized carbons (Fsp3) is 0.556. The normalized spacial score (nSPS) is 19.3. The van der Waals surface area contributed by atoms with Crippen LogP contribution in [0.4, 0.5) is 5.69 Å². The first-order chi connectivity index (χ1) is 11.1. The van der Waals surface area contributed by atoms with Gasteiger partial charge in [-0.15, -0.1) is 0 Å². The number of carbonyl (C=O) groups is 2. The van der Waals surface area contributed by atoms with E-state index in [4.69, 9.17) is 0 Å². The first kappa shape index (κ1) is 16.0. The van der Waals surface area contributed by atoms with E-state index in [0.717, 1.165) is 44.6 Å². The van der Waals surface area contributed by atoms with Gasteiger partial charge >= 0.3 is 0 Å². The Hall–Kier alpha value is -1.88. The van der Waals surface area contributed by atoms with Crippen LogP contribution in [0, 0.1) is 18.8 Å². The summed E-state index contributed by atoms with van der Waals surface area (Å²) < 4.78 is 0. The summed E-state index contributed by atoms with van der Waals surface area (Å²) in [6.07, 6.45) is 2.12. The molecule has 2 aliphatic rings. The minimum Gasteiger partial charge on any atom is -0.339 e. The summed E-state index contributed by atoms with van der Waals surface area (Å²) in [5.41, 5.74) is 2.20. The van der Waals surface area contributed by atoms with Crippen LogP contribution in [0.5, 0.6) is 0 Å². The van der Waals surface area contributed by atoms with Gasteiger partial charge in [-0.3, -0.25) is 9.59 Å². The highest BCUT2D eigenvalue weighted by Gasteiger charge is 2.30. The van der Waals surface area contributed by atoms with E-state index in [-0.39, 0.29) is 17.7 Å². The second-order valence-corrected chi connectivity index (χ2v) is 6.69. The van der Waals surface area contributed by atoms with Gasteiger partial charge in [0.1, 0.15) is 0 Å². The van der Waals surface area contributed by atoms with E-state index in [9.17, 15) is 9.59 Å². The average Bonchev–Trinajstić information content (AvgIpc) is 2.99. The van der Waals surface area contributed by atoms with Crippen molar-refractivity contribution in [2.24, 2.45) is 11.8 Å². The van der Waals surface area contributed by atoms with Crippen molar-refractivity contribution in [3.63, 3.8) is 0 Å². The Morgan fingerprint density at radius 1 is 1.26 bits per heavy atom. The van der Waals surface area contributed by atoms with Gasteiger partial charge in [0.25, 0.3) is 5.91 Å². The lowest BCUT2D eigenvalue weighted by Crippen LogP contribution is -2.48. The molecule has 5 heteroatoms. The molecule has 5 nitrogen and oxygen atoms in total. The fourth-order valence-corrected chi connectivity index (χ4v) is 3.26. The summed E-state index contributed by atoms with van der Waals surface area (Å²) in [5.74, 6) is 0.371. The molecule has 3 rings (SSSR count). The zero-order valence-corrected chi connectivity index (χ0v) is 13.9. The lowest BCUT2D eigenvalue weighted by Gasteiger charge is -2.32. The van der Waals surface area contributed by atoms with Gasteiger partial charge in [-0.25, -0.2) is 0 Å². The molecule has 23 heavy (non-hydrogen) atoms. The van der Waals surface area contributed by atoms with Crippen molar-refractivity contribution in [3.05, 3.63) is 29.3 Å². The predicted octanol–water partition coefficient (Wildman–Crippen LogP) is 2.03. The Kier molecular flexibility index (Phi) is 4.66. The summed E-state index contributed by atoms with van der Waals surface area (Å²) in [5, 5.41) is 6.19. The summed E-state index contributed by atoms with van der Waals surface area (Å²) in [4.78, 5) is 27.2. The number of hydrogen-bond acceptors (Lipinski definition) is 3. The fourth-order valence-electron chi connectivity index (χ4n) is 3.26. The van der Waals surface area contributed by atoms with Gasteiger partial charge in [0, 0.05) is 19.0 Å². The third-order valence-electron chi connectivity index (χ3n) is 5.07. The minimum absolute atomic E-state index is 0.00225. The molecule has 2 amide bonds. The third kappa shape index (κ3) is 3.24. The van der Waals surface area contributed by atoms with Crippen LogP contribution in [0.1, 0.15) is 35.7 Å². The van der Waals surface area contributed by atoms with Crippen molar-refractivity contribution < 1.29 is 9.59 Å². The first-order valence-corrected chi connectivity index (χ1v) is 8.48. The van der Waals surface area contributed by atoms with Crippen LogP contribution in [-0.4, -0.2) is 42.9 Å². The molecular weight excluding hydrogens is 290 g/mol. The molecule has 0 radical (unpaired) electrons. The molecule has 0 saturated carbocycles. The van der Waals surface area contributed by atoms with Crippen LogP contribution < -0.4 is 10.6 Å². The molecule has 2 aliphatic heterocycles. The number of nitrogens with one attached hydrogen (secondary N) is 2. The van der Waals surface area contributed by atoms with Crippen LogP contribution in [0.2, 0.25) is 0 Å². The summed E-state index contributed by atoms with van der Waals surface area (Å²) in [6.45, 7) is 7.29. The number of amides is 2. The van der Waals surface area contributed by atoms with Crippen molar-refractivity contribution in [1.82, 2.24) is 10.2 Å². The predicted molar refractivity (Wildman–Crippen MR) is 90.5 cm³/mol. The molecular formula is C18H25N3O2. The van der Waals surface area contributed by atoms with Crippen LogP contribution in [-0.2, 0) is 4.79 Å². The number of rotatable bonds is 4. The maximum Gasteiger partial charge on any atom is 0.256 e. The molecule has 2 fully saturated rings. The molecule has 0 aromatic heterocycles. The lowest BCUT2D eigenvalue weighted by molar-refractivity contribution is -0.121. The van der Waals surface area contributed by atoms with Crippen molar-refractivity contribution in [2.45, 2.75) is 26.7 Å².